The van der Waals surface area contributed by atoms with Gasteiger partial charge in [0.2, 0.25) is 0 Å². The first-order valence-corrected chi connectivity index (χ1v) is 8.28. The van der Waals surface area contributed by atoms with Crippen molar-refractivity contribution in [2.75, 3.05) is 26.2 Å². The molecule has 0 aromatic heterocycles. The van der Waals surface area contributed by atoms with Crippen LogP contribution in [-0.4, -0.2) is 60.0 Å². The molecular weight excluding hydrogens is 341 g/mol. The molecule has 0 bridgehead atoms. The molecule has 0 aromatic rings. The van der Waals surface area contributed by atoms with Crippen molar-refractivity contribution in [2.24, 2.45) is 10.8 Å². The number of aliphatic hydroxyl groups excluding tert-OH is 1. The molecule has 1 saturated heterocycles. The lowest BCUT2D eigenvalue weighted by Gasteiger charge is -2.36. The Morgan fingerprint density at radius 3 is 2.20 bits per heavy atom. The molecule has 2 amide bonds. The first-order chi connectivity index (χ1) is 11.3. The lowest BCUT2D eigenvalue weighted by Crippen LogP contribution is -2.46. The van der Waals surface area contributed by atoms with Gasteiger partial charge in [-0.05, 0) is 45.4 Å². The molecule has 144 valence electrons. The van der Waals surface area contributed by atoms with E-state index in [1.165, 1.54) is 0 Å². The van der Waals surface area contributed by atoms with Gasteiger partial charge in [-0.25, -0.2) is 4.79 Å². The van der Waals surface area contributed by atoms with E-state index in [2.05, 4.69) is 0 Å². The van der Waals surface area contributed by atoms with Crippen molar-refractivity contribution in [3.05, 3.63) is 0 Å². The summed E-state index contributed by atoms with van der Waals surface area (Å²) < 4.78 is 42.3. The van der Waals surface area contributed by atoms with Crippen molar-refractivity contribution in [3.8, 4) is 0 Å². The molecule has 1 heterocycles. The van der Waals surface area contributed by atoms with Crippen molar-refractivity contribution in [1.82, 2.24) is 10.2 Å². The Morgan fingerprint density at radius 1 is 1.20 bits per heavy atom. The summed E-state index contributed by atoms with van der Waals surface area (Å²) in [6.07, 6.45) is -3.68. The van der Waals surface area contributed by atoms with E-state index in [0.717, 1.165) is 0 Å². The number of nitrogens with one attached hydrogen (secondary N) is 1. The molecule has 6 nitrogen and oxygen atoms in total. The SMILES string of the molecule is CC(C)(C)OC(=O)N1CCC2(CC1)CC2(CO)CNC(=O)C(F)(F)F. The van der Waals surface area contributed by atoms with Crippen LogP contribution in [0.1, 0.15) is 40.0 Å². The number of aliphatic hydroxyl groups is 1. The average Bonchev–Trinajstić information content (AvgIpc) is 3.09. The highest BCUT2D eigenvalue weighted by Crippen LogP contribution is 2.68. The highest BCUT2D eigenvalue weighted by Gasteiger charge is 2.67. The normalized spacial score (nSPS) is 25.6. The molecule has 2 N–H and O–H groups in total. The van der Waals surface area contributed by atoms with Gasteiger partial charge in [0, 0.05) is 25.0 Å². The van der Waals surface area contributed by atoms with E-state index in [1.807, 2.05) is 5.32 Å². The summed E-state index contributed by atoms with van der Waals surface area (Å²) in [6.45, 7) is 5.66. The number of likely N-dealkylation sites (tertiary alicyclic amines) is 1. The maximum Gasteiger partial charge on any atom is 0.471 e. The molecule has 0 aromatic carbocycles. The predicted octanol–water partition coefficient (Wildman–Crippen LogP) is 2.06. The Labute approximate surface area is 144 Å². The van der Waals surface area contributed by atoms with Crippen molar-refractivity contribution in [3.63, 3.8) is 0 Å². The Hall–Kier alpha value is -1.51. The summed E-state index contributed by atoms with van der Waals surface area (Å²) in [7, 11) is 0. The molecule has 2 rings (SSSR count). The molecule has 1 aliphatic carbocycles. The number of hydrogen-bond acceptors (Lipinski definition) is 4. The zero-order valence-electron chi connectivity index (χ0n) is 14.7. The van der Waals surface area contributed by atoms with Crippen LogP contribution < -0.4 is 5.32 Å². The largest absolute Gasteiger partial charge is 0.471 e. The first-order valence-electron chi connectivity index (χ1n) is 8.28. The van der Waals surface area contributed by atoms with Crippen molar-refractivity contribution in [2.45, 2.75) is 51.8 Å². The molecular formula is C16H25F3N2O4. The fourth-order valence-electron chi connectivity index (χ4n) is 3.63. The average molecular weight is 366 g/mol. The summed E-state index contributed by atoms with van der Waals surface area (Å²) in [5.74, 6) is -1.99. The van der Waals surface area contributed by atoms with E-state index >= 15 is 0 Å². The van der Waals surface area contributed by atoms with Crippen LogP contribution >= 0.6 is 0 Å². The molecule has 1 saturated carbocycles. The first kappa shape index (κ1) is 19.8. The van der Waals surface area contributed by atoms with E-state index in [-0.39, 0.29) is 18.6 Å². The van der Waals surface area contributed by atoms with Gasteiger partial charge in [-0.2, -0.15) is 13.2 Å². The van der Waals surface area contributed by atoms with Gasteiger partial charge < -0.3 is 20.1 Å². The molecule has 0 radical (unpaired) electrons. The molecule has 1 unspecified atom stereocenters. The maximum atomic E-state index is 12.3. The summed E-state index contributed by atoms with van der Waals surface area (Å²) in [6, 6.07) is 0. The van der Waals surface area contributed by atoms with E-state index in [9.17, 15) is 27.9 Å². The van der Waals surface area contributed by atoms with Crippen molar-refractivity contribution >= 4 is 12.0 Å². The summed E-state index contributed by atoms with van der Waals surface area (Å²) >= 11 is 0. The third-order valence-corrected chi connectivity index (χ3v) is 5.20. The number of nitrogens with zero attached hydrogens (tertiary/aromatic N) is 1. The Balaban J connectivity index is 1.90. The van der Waals surface area contributed by atoms with Gasteiger partial charge in [0.25, 0.3) is 0 Å². The zero-order valence-corrected chi connectivity index (χ0v) is 14.7. The summed E-state index contributed by atoms with van der Waals surface area (Å²) in [5, 5.41) is 11.6. The van der Waals surface area contributed by atoms with Gasteiger partial charge in [-0.3, -0.25) is 4.79 Å². The van der Waals surface area contributed by atoms with Crippen LogP contribution in [-0.2, 0) is 9.53 Å². The van der Waals surface area contributed by atoms with Crippen molar-refractivity contribution < 1.29 is 32.6 Å². The van der Waals surface area contributed by atoms with Crippen LogP contribution in [0.25, 0.3) is 0 Å². The van der Waals surface area contributed by atoms with Crippen molar-refractivity contribution in [1.29, 1.82) is 0 Å². The van der Waals surface area contributed by atoms with Crippen LogP contribution in [0.5, 0.6) is 0 Å². The number of halogens is 3. The highest BCUT2D eigenvalue weighted by atomic mass is 19.4. The summed E-state index contributed by atoms with van der Waals surface area (Å²) in [5.41, 5.74) is -1.67. The van der Waals surface area contributed by atoms with Crippen LogP contribution in [0.3, 0.4) is 0 Å². The number of hydrogen-bond donors (Lipinski definition) is 2. The number of ether oxygens (including phenoxy) is 1. The molecule has 25 heavy (non-hydrogen) atoms. The number of carbonyl (C=O) groups is 2. The van der Waals surface area contributed by atoms with Gasteiger partial charge >= 0.3 is 18.2 Å². The van der Waals surface area contributed by atoms with Gasteiger partial charge in [0.15, 0.2) is 0 Å². The third-order valence-electron chi connectivity index (χ3n) is 5.20. The Morgan fingerprint density at radius 2 is 1.76 bits per heavy atom. The number of piperidine rings is 1. The number of alkyl halides is 3. The van der Waals surface area contributed by atoms with Crippen LogP contribution in [0.15, 0.2) is 0 Å². The second-order valence-corrected chi connectivity index (χ2v) is 8.04. The molecule has 9 heteroatoms. The van der Waals surface area contributed by atoms with E-state index in [1.54, 1.807) is 25.7 Å². The second kappa shape index (κ2) is 6.34. The Kier molecular flexibility index (Phi) is 5.02. The third kappa shape index (κ3) is 4.19. The summed E-state index contributed by atoms with van der Waals surface area (Å²) in [4.78, 5) is 24.7. The van der Waals surface area contributed by atoms with E-state index in [0.29, 0.717) is 32.4 Å². The van der Waals surface area contributed by atoms with E-state index < -0.39 is 29.2 Å². The minimum atomic E-state index is -4.93. The topological polar surface area (TPSA) is 78.9 Å². The number of carbonyl (C=O) groups excluding carboxylic acids is 2. The minimum absolute atomic E-state index is 0.214. The van der Waals surface area contributed by atoms with Gasteiger partial charge in [-0.1, -0.05) is 0 Å². The minimum Gasteiger partial charge on any atom is -0.444 e. The fourth-order valence-corrected chi connectivity index (χ4v) is 3.63. The predicted molar refractivity (Wildman–Crippen MR) is 82.7 cm³/mol. The molecule has 2 aliphatic rings. The molecule has 1 aliphatic heterocycles. The smallest absolute Gasteiger partial charge is 0.444 e. The van der Waals surface area contributed by atoms with E-state index in [4.69, 9.17) is 4.74 Å². The van der Waals surface area contributed by atoms with Gasteiger partial charge in [0.05, 0.1) is 6.61 Å². The fraction of sp³-hybridized carbons (Fsp3) is 0.875. The van der Waals surface area contributed by atoms with Crippen LogP contribution in [0.4, 0.5) is 18.0 Å². The number of rotatable bonds is 3. The molecule has 1 atom stereocenters. The molecule has 2 fully saturated rings. The molecule has 1 spiro atoms. The van der Waals surface area contributed by atoms with Crippen LogP contribution in [0.2, 0.25) is 0 Å². The standard InChI is InChI=1S/C16H25F3N2O4/c1-13(2,3)25-12(24)21-6-4-14(5-7-21)8-15(14,10-22)9-20-11(23)16(17,18)19/h22H,4-10H2,1-3H3,(H,20,23). The zero-order chi connectivity index (χ0) is 19.1. The monoisotopic (exact) mass is 366 g/mol. The van der Waals surface area contributed by atoms with Gasteiger partial charge in [-0.15, -0.1) is 0 Å². The highest BCUT2D eigenvalue weighted by molar-refractivity contribution is 5.81. The second-order valence-electron chi connectivity index (χ2n) is 8.04. The quantitative estimate of drug-likeness (QED) is 0.801. The lowest BCUT2D eigenvalue weighted by atomic mass is 9.84. The van der Waals surface area contributed by atoms with Crippen LogP contribution in [0, 0.1) is 10.8 Å². The lowest BCUT2D eigenvalue weighted by molar-refractivity contribution is -0.174. The Bertz CT molecular complexity index is 536. The van der Waals surface area contributed by atoms with Gasteiger partial charge in [0.1, 0.15) is 5.60 Å². The maximum absolute atomic E-state index is 12.3. The number of amides is 2.